The van der Waals surface area contributed by atoms with E-state index in [1.54, 1.807) is 0 Å². The van der Waals surface area contributed by atoms with Gasteiger partial charge in [-0.25, -0.2) is 4.79 Å². The van der Waals surface area contributed by atoms with Gasteiger partial charge in [0.25, 0.3) is 0 Å². The van der Waals surface area contributed by atoms with Crippen molar-refractivity contribution in [2.75, 3.05) is 19.8 Å². The van der Waals surface area contributed by atoms with Gasteiger partial charge in [0.1, 0.15) is 13.2 Å². The predicted octanol–water partition coefficient (Wildman–Crippen LogP) is 1.72. The number of esters is 1. The number of aliphatic hydroxyl groups excluding tert-OH is 1. The number of rotatable bonds is 4. The van der Waals surface area contributed by atoms with Crippen molar-refractivity contribution in [3.05, 3.63) is 23.8 Å². The van der Waals surface area contributed by atoms with Crippen LogP contribution in [0, 0.1) is 22.7 Å². The van der Waals surface area contributed by atoms with E-state index in [0.29, 0.717) is 24.5 Å². The van der Waals surface area contributed by atoms with E-state index in [1.807, 2.05) is 6.08 Å². The molecular weight excluding hydrogens is 422 g/mol. The standard InChI is InChI=1S/C22H31NO7S/c1-13-4-7-17-21(2,9-8-18-22(17,3)12-29-31(27)30-18)15(13)6-5-14-16(11-28-20(14)26)23-19(25)10-24/h5,15-18,24H,1,4,6-12H2,2-3H3,(H,23,25)/b14-5+/t15-,16?,17+,18-,21+,22+,31?/m1/s1. The van der Waals surface area contributed by atoms with Crippen molar-refractivity contribution in [2.45, 2.75) is 58.1 Å². The Balaban J connectivity index is 1.57. The summed E-state index contributed by atoms with van der Waals surface area (Å²) in [6.45, 7) is 8.67. The molecule has 0 bridgehead atoms. The smallest absolute Gasteiger partial charge is 0.336 e. The number of hydrogen-bond donors (Lipinski definition) is 2. The van der Waals surface area contributed by atoms with Crippen LogP contribution in [0.25, 0.3) is 0 Å². The van der Waals surface area contributed by atoms with E-state index in [2.05, 4.69) is 25.7 Å². The molecule has 0 radical (unpaired) electrons. The lowest BCUT2D eigenvalue weighted by Gasteiger charge is -2.61. The molecule has 2 unspecified atom stereocenters. The zero-order valence-corrected chi connectivity index (χ0v) is 18.9. The molecule has 2 saturated carbocycles. The molecule has 0 aromatic carbocycles. The van der Waals surface area contributed by atoms with E-state index in [4.69, 9.17) is 18.2 Å². The monoisotopic (exact) mass is 453 g/mol. The summed E-state index contributed by atoms with van der Waals surface area (Å²) in [6, 6.07) is -0.545. The van der Waals surface area contributed by atoms with Crippen LogP contribution in [0.1, 0.15) is 46.0 Å². The molecule has 2 heterocycles. The van der Waals surface area contributed by atoms with Gasteiger partial charge in [0.2, 0.25) is 5.91 Å². The molecule has 8 nitrogen and oxygen atoms in total. The van der Waals surface area contributed by atoms with Crippen LogP contribution < -0.4 is 5.32 Å². The number of cyclic esters (lactones) is 1. The van der Waals surface area contributed by atoms with Crippen LogP contribution in [0.15, 0.2) is 23.8 Å². The van der Waals surface area contributed by atoms with Crippen LogP contribution >= 0.6 is 0 Å². The lowest BCUT2D eigenvalue weighted by Crippen LogP contribution is -2.60. The number of allylic oxidation sites excluding steroid dienone is 2. The maximum Gasteiger partial charge on any atom is 0.336 e. The first kappa shape index (κ1) is 22.6. The maximum atomic E-state index is 12.3. The first-order chi connectivity index (χ1) is 14.7. The van der Waals surface area contributed by atoms with Gasteiger partial charge in [0.15, 0.2) is 0 Å². The number of fused-ring (bicyclic) bond motifs is 3. The topological polar surface area (TPSA) is 111 Å². The second-order valence-corrected chi connectivity index (χ2v) is 10.5. The fourth-order valence-electron chi connectivity index (χ4n) is 6.36. The van der Waals surface area contributed by atoms with Gasteiger partial charge < -0.3 is 15.2 Å². The number of amides is 1. The largest absolute Gasteiger partial charge is 0.460 e. The number of aliphatic hydroxyl groups is 1. The molecule has 0 spiro atoms. The average molecular weight is 454 g/mol. The molecule has 2 saturated heterocycles. The van der Waals surface area contributed by atoms with E-state index >= 15 is 0 Å². The molecule has 9 heteroatoms. The lowest BCUT2D eigenvalue weighted by atomic mass is 9.46. The summed E-state index contributed by atoms with van der Waals surface area (Å²) in [5.74, 6) is -0.500. The Kier molecular flexibility index (Phi) is 6.15. The highest BCUT2D eigenvalue weighted by Gasteiger charge is 2.60. The molecule has 2 aliphatic heterocycles. The van der Waals surface area contributed by atoms with Crippen molar-refractivity contribution < 1.29 is 32.0 Å². The van der Waals surface area contributed by atoms with Crippen molar-refractivity contribution >= 4 is 23.2 Å². The summed E-state index contributed by atoms with van der Waals surface area (Å²) in [5.41, 5.74) is 1.31. The SMILES string of the molecule is C=C1CC[C@@H]2[C@]3(C)COS(=O)O[C@@H]3CC[C@@]2(C)[C@@H]1C/C=C1/C(=O)OCC1NC(=O)CO. The number of hydrogen-bond acceptors (Lipinski definition) is 7. The fraction of sp³-hybridized carbons (Fsp3) is 0.727. The summed E-state index contributed by atoms with van der Waals surface area (Å²) in [7, 11) is 0. The Morgan fingerprint density at radius 3 is 2.87 bits per heavy atom. The first-order valence-electron chi connectivity index (χ1n) is 10.9. The van der Waals surface area contributed by atoms with Gasteiger partial charge in [-0.05, 0) is 49.4 Å². The average Bonchev–Trinajstić information content (AvgIpc) is 3.07. The Morgan fingerprint density at radius 2 is 2.13 bits per heavy atom. The molecule has 4 rings (SSSR count). The molecule has 4 fully saturated rings. The van der Waals surface area contributed by atoms with Gasteiger partial charge in [0, 0.05) is 5.41 Å². The van der Waals surface area contributed by atoms with E-state index < -0.39 is 35.9 Å². The molecule has 172 valence electrons. The third-order valence-corrected chi connectivity index (χ3v) is 8.72. The van der Waals surface area contributed by atoms with Crippen molar-refractivity contribution in [1.29, 1.82) is 0 Å². The van der Waals surface area contributed by atoms with E-state index in [-0.39, 0.29) is 29.5 Å². The molecule has 2 aliphatic carbocycles. The van der Waals surface area contributed by atoms with Crippen LogP contribution in [0.2, 0.25) is 0 Å². The van der Waals surface area contributed by atoms with Crippen molar-refractivity contribution in [1.82, 2.24) is 5.32 Å². The summed E-state index contributed by atoms with van der Waals surface area (Å²) in [5, 5.41) is 11.6. The van der Waals surface area contributed by atoms with E-state index in [1.165, 1.54) is 5.57 Å². The molecule has 31 heavy (non-hydrogen) atoms. The molecule has 0 aromatic heterocycles. The van der Waals surface area contributed by atoms with Crippen molar-refractivity contribution in [3.63, 3.8) is 0 Å². The van der Waals surface area contributed by atoms with Crippen molar-refractivity contribution in [2.24, 2.45) is 22.7 Å². The quantitative estimate of drug-likeness (QED) is 0.379. The van der Waals surface area contributed by atoms with Crippen LogP contribution in [0.5, 0.6) is 0 Å². The number of ether oxygens (including phenoxy) is 1. The molecule has 7 atom stereocenters. The highest BCUT2D eigenvalue weighted by atomic mass is 32.2. The van der Waals surface area contributed by atoms with Crippen LogP contribution in [0.4, 0.5) is 0 Å². The predicted molar refractivity (Wildman–Crippen MR) is 112 cm³/mol. The Bertz CT molecular complexity index is 842. The molecule has 4 aliphatic rings. The minimum Gasteiger partial charge on any atom is -0.460 e. The molecular formula is C22H31NO7S. The Morgan fingerprint density at radius 1 is 1.35 bits per heavy atom. The summed E-state index contributed by atoms with van der Waals surface area (Å²) < 4.78 is 28.0. The normalized spacial score (nSPS) is 43.8. The number of nitrogens with one attached hydrogen (secondary N) is 1. The zero-order valence-electron chi connectivity index (χ0n) is 18.1. The van der Waals surface area contributed by atoms with Gasteiger partial charge >= 0.3 is 17.3 Å². The van der Waals surface area contributed by atoms with Gasteiger partial charge in [-0.2, -0.15) is 4.21 Å². The summed E-state index contributed by atoms with van der Waals surface area (Å²) in [6.07, 6.45) is 5.98. The molecule has 2 N–H and O–H groups in total. The Hall–Kier alpha value is -1.55. The molecule has 1 amide bonds. The lowest BCUT2D eigenvalue weighted by molar-refractivity contribution is -0.154. The second kappa shape index (κ2) is 8.42. The summed E-state index contributed by atoms with van der Waals surface area (Å²) in [4.78, 5) is 23.8. The van der Waals surface area contributed by atoms with Gasteiger partial charge in [-0.1, -0.05) is 32.1 Å². The first-order valence-corrected chi connectivity index (χ1v) is 11.9. The van der Waals surface area contributed by atoms with Crippen LogP contribution in [-0.2, 0) is 34.1 Å². The van der Waals surface area contributed by atoms with Gasteiger partial charge in [-0.15, -0.1) is 0 Å². The highest BCUT2D eigenvalue weighted by molar-refractivity contribution is 7.75. The summed E-state index contributed by atoms with van der Waals surface area (Å²) >= 11 is -1.68. The second-order valence-electron chi connectivity index (χ2n) is 9.68. The van der Waals surface area contributed by atoms with E-state index in [9.17, 15) is 13.8 Å². The van der Waals surface area contributed by atoms with Crippen LogP contribution in [0.3, 0.4) is 0 Å². The molecule has 0 aromatic rings. The fourth-order valence-corrected chi connectivity index (χ4v) is 7.27. The minimum atomic E-state index is -1.68. The van der Waals surface area contributed by atoms with Gasteiger partial charge in [0.05, 0.1) is 24.3 Å². The van der Waals surface area contributed by atoms with Crippen LogP contribution in [-0.4, -0.2) is 53.2 Å². The van der Waals surface area contributed by atoms with Crippen molar-refractivity contribution in [3.8, 4) is 0 Å². The third-order valence-electron chi connectivity index (χ3n) is 8.02. The number of carbonyl (C=O) groups is 2. The number of carbonyl (C=O) groups excluding carboxylic acids is 2. The zero-order chi connectivity index (χ0) is 22.4. The minimum absolute atomic E-state index is 0.0600. The van der Waals surface area contributed by atoms with E-state index in [0.717, 1.165) is 25.7 Å². The highest BCUT2D eigenvalue weighted by Crippen LogP contribution is 2.63. The Labute approximate surface area is 185 Å². The third kappa shape index (κ3) is 3.90. The van der Waals surface area contributed by atoms with Gasteiger partial charge in [-0.3, -0.25) is 13.2 Å². The maximum absolute atomic E-state index is 12.3.